The fraction of sp³-hybridized carbons (Fsp3) is 0.579. The Bertz CT molecular complexity index is 626. The van der Waals surface area contributed by atoms with Crippen LogP contribution in [0.5, 0.6) is 5.75 Å². The number of hydrogen-bond acceptors (Lipinski definition) is 5. The third-order valence-corrected chi connectivity index (χ3v) is 4.36. The summed E-state index contributed by atoms with van der Waals surface area (Å²) in [7, 11) is 1.32. The van der Waals surface area contributed by atoms with Gasteiger partial charge in [-0.05, 0) is 57.2 Å². The molecule has 1 aromatic rings. The topological polar surface area (TPSA) is 73.9 Å². The summed E-state index contributed by atoms with van der Waals surface area (Å²) < 4.78 is 16.1. The van der Waals surface area contributed by atoms with E-state index in [1.54, 1.807) is 18.2 Å². The number of rotatable bonds is 9. The minimum absolute atomic E-state index is 0.199. The number of anilines is 1. The molecule has 1 aliphatic rings. The smallest absolute Gasteiger partial charge is 0.341 e. The van der Waals surface area contributed by atoms with Crippen molar-refractivity contribution >= 4 is 17.6 Å². The second kappa shape index (κ2) is 8.34. The number of hydrogen-bond donors (Lipinski definition) is 1. The summed E-state index contributed by atoms with van der Waals surface area (Å²) in [5.74, 6) is -0.0204. The van der Waals surface area contributed by atoms with E-state index in [9.17, 15) is 9.59 Å². The lowest BCUT2D eigenvalue weighted by molar-refractivity contribution is -0.141. The van der Waals surface area contributed by atoms with Crippen LogP contribution in [0.25, 0.3) is 0 Å². The van der Waals surface area contributed by atoms with Gasteiger partial charge in [-0.2, -0.15) is 0 Å². The molecule has 25 heavy (non-hydrogen) atoms. The molecule has 0 spiro atoms. The van der Waals surface area contributed by atoms with Crippen LogP contribution in [0.3, 0.4) is 0 Å². The van der Waals surface area contributed by atoms with E-state index < -0.39 is 11.6 Å². The Balaban J connectivity index is 2.21. The second-order valence-corrected chi connectivity index (χ2v) is 6.32. The van der Waals surface area contributed by atoms with E-state index >= 15 is 0 Å². The third kappa shape index (κ3) is 4.51. The average Bonchev–Trinajstić information content (AvgIpc) is 3.45. The highest BCUT2D eigenvalue weighted by molar-refractivity contribution is 5.99. The molecule has 0 aromatic heterocycles. The van der Waals surface area contributed by atoms with Gasteiger partial charge in [0.1, 0.15) is 16.9 Å². The van der Waals surface area contributed by atoms with Crippen molar-refractivity contribution in [3.05, 3.63) is 23.8 Å². The number of carbonyl (C=O) groups excluding carboxylic acids is 2. The minimum Gasteiger partial charge on any atom is -0.493 e. The van der Waals surface area contributed by atoms with E-state index in [-0.39, 0.29) is 11.8 Å². The van der Waals surface area contributed by atoms with Gasteiger partial charge in [-0.15, -0.1) is 0 Å². The van der Waals surface area contributed by atoms with Gasteiger partial charge in [0.2, 0.25) is 0 Å². The third-order valence-electron chi connectivity index (χ3n) is 4.36. The van der Waals surface area contributed by atoms with Crippen LogP contribution in [0.15, 0.2) is 18.2 Å². The Labute approximate surface area is 148 Å². The summed E-state index contributed by atoms with van der Waals surface area (Å²) in [4.78, 5) is 24.7. The number of esters is 1. The van der Waals surface area contributed by atoms with Crippen molar-refractivity contribution in [1.82, 2.24) is 0 Å². The molecule has 1 aliphatic carbocycles. The van der Waals surface area contributed by atoms with Crippen molar-refractivity contribution in [2.45, 2.75) is 45.6 Å². The van der Waals surface area contributed by atoms with E-state index in [4.69, 9.17) is 14.2 Å². The molecular formula is C19H27NO5. The standard InChI is InChI=1S/C19H27NO5/c1-5-11-24-16-10-9-14(12-15(16)17(21)23-4)20-18(22)19(3,25-6-2)13-7-8-13/h9-10,12-13H,5-8,11H2,1-4H3,(H,20,22). The zero-order valence-corrected chi connectivity index (χ0v) is 15.4. The van der Waals surface area contributed by atoms with E-state index in [2.05, 4.69) is 5.32 Å². The molecule has 1 saturated carbocycles. The molecule has 0 radical (unpaired) electrons. The zero-order valence-electron chi connectivity index (χ0n) is 15.4. The van der Waals surface area contributed by atoms with E-state index in [0.717, 1.165) is 19.3 Å². The molecule has 6 nitrogen and oxygen atoms in total. The van der Waals surface area contributed by atoms with E-state index in [1.807, 2.05) is 20.8 Å². The molecule has 0 aliphatic heterocycles. The van der Waals surface area contributed by atoms with Crippen molar-refractivity contribution in [1.29, 1.82) is 0 Å². The molecule has 1 unspecified atom stereocenters. The summed E-state index contributed by atoms with van der Waals surface area (Å²) >= 11 is 0. The average molecular weight is 349 g/mol. The first-order valence-corrected chi connectivity index (χ1v) is 8.76. The first-order chi connectivity index (χ1) is 12.0. The van der Waals surface area contributed by atoms with Gasteiger partial charge in [-0.3, -0.25) is 4.79 Å². The van der Waals surface area contributed by atoms with Crippen molar-refractivity contribution in [3.63, 3.8) is 0 Å². The highest BCUT2D eigenvalue weighted by Crippen LogP contribution is 2.42. The summed E-state index contributed by atoms with van der Waals surface area (Å²) in [6.07, 6.45) is 2.80. The minimum atomic E-state index is -0.850. The van der Waals surface area contributed by atoms with Crippen LogP contribution >= 0.6 is 0 Å². The predicted octanol–water partition coefficient (Wildman–Crippen LogP) is 3.41. The van der Waals surface area contributed by atoms with Gasteiger partial charge in [-0.25, -0.2) is 4.79 Å². The highest BCUT2D eigenvalue weighted by atomic mass is 16.5. The predicted molar refractivity (Wildman–Crippen MR) is 95.0 cm³/mol. The lowest BCUT2D eigenvalue weighted by atomic mass is 9.98. The van der Waals surface area contributed by atoms with Crippen LogP contribution in [0.1, 0.15) is 50.4 Å². The lowest BCUT2D eigenvalue weighted by Gasteiger charge is -2.28. The molecule has 0 heterocycles. The van der Waals surface area contributed by atoms with Crippen molar-refractivity contribution < 1.29 is 23.8 Å². The van der Waals surface area contributed by atoms with E-state index in [1.165, 1.54) is 7.11 Å². The number of amides is 1. The first-order valence-electron chi connectivity index (χ1n) is 8.76. The SMILES string of the molecule is CCCOc1ccc(NC(=O)C(C)(OCC)C2CC2)cc1C(=O)OC. The Morgan fingerprint density at radius 2 is 2.00 bits per heavy atom. The monoisotopic (exact) mass is 349 g/mol. The van der Waals surface area contributed by atoms with Gasteiger partial charge in [-0.1, -0.05) is 6.92 Å². The van der Waals surface area contributed by atoms with E-state index in [0.29, 0.717) is 30.2 Å². The summed E-state index contributed by atoms with van der Waals surface area (Å²) in [5, 5.41) is 2.86. The summed E-state index contributed by atoms with van der Waals surface area (Å²) in [6.45, 7) is 6.66. The van der Waals surface area contributed by atoms with Crippen LogP contribution in [-0.4, -0.2) is 37.8 Å². The number of carbonyl (C=O) groups is 2. The fourth-order valence-corrected chi connectivity index (χ4v) is 2.77. The van der Waals surface area contributed by atoms with Crippen LogP contribution in [-0.2, 0) is 14.3 Å². The van der Waals surface area contributed by atoms with Crippen molar-refractivity contribution in [2.24, 2.45) is 5.92 Å². The van der Waals surface area contributed by atoms with Crippen molar-refractivity contribution in [3.8, 4) is 5.75 Å². The maximum Gasteiger partial charge on any atom is 0.341 e. The molecule has 0 saturated heterocycles. The molecule has 1 N–H and O–H groups in total. The zero-order chi connectivity index (χ0) is 18.4. The quantitative estimate of drug-likeness (QED) is 0.692. The molecule has 0 bridgehead atoms. The van der Waals surface area contributed by atoms with Gasteiger partial charge in [0.25, 0.3) is 5.91 Å². The molecule has 6 heteroatoms. The lowest BCUT2D eigenvalue weighted by Crippen LogP contribution is -2.44. The Hall–Kier alpha value is -2.08. The van der Waals surface area contributed by atoms with Gasteiger partial charge in [0, 0.05) is 12.3 Å². The molecule has 138 valence electrons. The maximum atomic E-state index is 12.7. The van der Waals surface area contributed by atoms with Crippen LogP contribution in [0.4, 0.5) is 5.69 Å². The van der Waals surface area contributed by atoms with Gasteiger partial charge in [0.15, 0.2) is 0 Å². The highest BCUT2D eigenvalue weighted by Gasteiger charge is 2.48. The van der Waals surface area contributed by atoms with Crippen LogP contribution in [0.2, 0.25) is 0 Å². The van der Waals surface area contributed by atoms with Gasteiger partial charge < -0.3 is 19.5 Å². The second-order valence-electron chi connectivity index (χ2n) is 6.32. The Morgan fingerprint density at radius 3 is 2.56 bits per heavy atom. The largest absolute Gasteiger partial charge is 0.493 e. The molecule has 1 amide bonds. The maximum absolute atomic E-state index is 12.7. The normalized spacial score (nSPS) is 16.0. The van der Waals surface area contributed by atoms with Gasteiger partial charge in [0.05, 0.1) is 13.7 Å². The number of benzene rings is 1. The fourth-order valence-electron chi connectivity index (χ4n) is 2.77. The molecule has 1 aromatic carbocycles. The van der Waals surface area contributed by atoms with Gasteiger partial charge >= 0.3 is 5.97 Å². The Morgan fingerprint density at radius 1 is 1.28 bits per heavy atom. The Kier molecular flexibility index (Phi) is 6.42. The molecule has 1 fully saturated rings. The first kappa shape index (κ1) is 19.2. The molecule has 1 atom stereocenters. The number of ether oxygens (including phenoxy) is 3. The number of methoxy groups -OCH3 is 1. The summed E-state index contributed by atoms with van der Waals surface area (Å²) in [5.41, 5.74) is -0.0449. The van der Waals surface area contributed by atoms with Crippen LogP contribution < -0.4 is 10.1 Å². The summed E-state index contributed by atoms with van der Waals surface area (Å²) in [6, 6.07) is 4.97. The van der Waals surface area contributed by atoms with Crippen molar-refractivity contribution in [2.75, 3.05) is 25.6 Å². The number of nitrogens with one attached hydrogen (secondary N) is 1. The molecule has 2 rings (SSSR count). The van der Waals surface area contributed by atoms with Crippen LogP contribution in [0, 0.1) is 5.92 Å². The molecular weight excluding hydrogens is 322 g/mol.